The molecule has 0 aliphatic carbocycles. The molecule has 1 aromatic carbocycles. The van der Waals surface area contributed by atoms with E-state index in [4.69, 9.17) is 0 Å². The molecule has 1 fully saturated rings. The van der Waals surface area contributed by atoms with Crippen molar-refractivity contribution in [2.24, 2.45) is 5.41 Å². The highest BCUT2D eigenvalue weighted by atomic mass is 19.2. The van der Waals surface area contributed by atoms with E-state index < -0.39 is 65.6 Å². The van der Waals surface area contributed by atoms with Gasteiger partial charge in [-0.05, 0) is 6.92 Å². The number of carbonyl (C=O) groups excluding carboxylic acids is 2. The average Bonchev–Trinajstić information content (AvgIpc) is 2.59. The van der Waals surface area contributed by atoms with Crippen LogP contribution in [-0.2, 0) is 14.3 Å². The van der Waals surface area contributed by atoms with E-state index in [0.717, 1.165) is 6.92 Å². The van der Waals surface area contributed by atoms with Crippen molar-refractivity contribution in [3.05, 3.63) is 29.1 Å². The SMILES string of the molecule is CC.CC1(C(=O)Oc2c(F)c(F)c(F)c(F)c2F)COC(=O)OC1. The minimum absolute atomic E-state index is 0.542. The molecule has 1 aliphatic rings. The van der Waals surface area contributed by atoms with E-state index in [2.05, 4.69) is 14.2 Å². The number of hydrogen-bond acceptors (Lipinski definition) is 5. The lowest BCUT2D eigenvalue weighted by Gasteiger charge is -2.29. The van der Waals surface area contributed by atoms with Gasteiger partial charge in [-0.1, -0.05) is 13.8 Å². The van der Waals surface area contributed by atoms with Gasteiger partial charge in [-0.15, -0.1) is 0 Å². The summed E-state index contributed by atoms with van der Waals surface area (Å²) < 4.78 is 78.8. The van der Waals surface area contributed by atoms with Crippen molar-refractivity contribution in [2.75, 3.05) is 13.2 Å². The molecular formula is C14H13F5O5. The molecule has 0 N–H and O–H groups in total. The van der Waals surface area contributed by atoms with Crippen molar-refractivity contribution in [3.63, 3.8) is 0 Å². The normalized spacial score (nSPS) is 15.6. The molecule has 0 unspecified atom stereocenters. The Morgan fingerprint density at radius 3 is 1.71 bits per heavy atom. The van der Waals surface area contributed by atoms with E-state index in [0.29, 0.717) is 0 Å². The molecule has 24 heavy (non-hydrogen) atoms. The van der Waals surface area contributed by atoms with Crippen molar-refractivity contribution in [2.45, 2.75) is 20.8 Å². The number of benzene rings is 1. The largest absolute Gasteiger partial charge is 0.508 e. The minimum atomic E-state index is -2.38. The summed E-state index contributed by atoms with van der Waals surface area (Å²) in [6, 6.07) is 0. The highest BCUT2D eigenvalue weighted by Crippen LogP contribution is 2.32. The predicted octanol–water partition coefficient (Wildman–Crippen LogP) is 3.49. The van der Waals surface area contributed by atoms with Crippen LogP contribution in [0, 0.1) is 34.5 Å². The summed E-state index contributed by atoms with van der Waals surface area (Å²) in [4.78, 5) is 22.6. The molecular weight excluding hydrogens is 343 g/mol. The van der Waals surface area contributed by atoms with E-state index in [1.807, 2.05) is 13.8 Å². The zero-order valence-corrected chi connectivity index (χ0v) is 12.8. The molecule has 0 atom stereocenters. The summed E-state index contributed by atoms with van der Waals surface area (Å²) in [6.45, 7) is 4.08. The minimum Gasteiger partial charge on any atom is -0.433 e. The van der Waals surface area contributed by atoms with Gasteiger partial charge in [0.05, 0.1) is 0 Å². The van der Waals surface area contributed by atoms with Crippen LogP contribution in [0.1, 0.15) is 20.8 Å². The van der Waals surface area contributed by atoms with E-state index in [9.17, 15) is 31.5 Å². The van der Waals surface area contributed by atoms with Gasteiger partial charge in [0.1, 0.15) is 18.6 Å². The van der Waals surface area contributed by atoms with Gasteiger partial charge in [0.25, 0.3) is 0 Å². The molecule has 0 bridgehead atoms. The lowest BCUT2D eigenvalue weighted by molar-refractivity contribution is -0.156. The summed E-state index contributed by atoms with van der Waals surface area (Å²) in [5.41, 5.74) is -1.66. The lowest BCUT2D eigenvalue weighted by Crippen LogP contribution is -2.45. The first-order valence-corrected chi connectivity index (χ1v) is 6.70. The van der Waals surface area contributed by atoms with E-state index in [1.54, 1.807) is 0 Å². The van der Waals surface area contributed by atoms with Crippen LogP contribution >= 0.6 is 0 Å². The Labute approximate surface area is 133 Å². The third-order valence-electron chi connectivity index (χ3n) is 2.87. The average molecular weight is 356 g/mol. The van der Waals surface area contributed by atoms with Gasteiger partial charge in [-0.25, -0.2) is 18.0 Å². The zero-order chi connectivity index (χ0) is 18.7. The van der Waals surface area contributed by atoms with Crippen molar-refractivity contribution in [1.29, 1.82) is 0 Å². The number of cyclic esters (lactones) is 2. The summed E-state index contributed by atoms with van der Waals surface area (Å²) >= 11 is 0. The molecule has 1 aromatic rings. The topological polar surface area (TPSA) is 61.8 Å². The summed E-state index contributed by atoms with van der Waals surface area (Å²) in [7, 11) is 0. The summed E-state index contributed by atoms with van der Waals surface area (Å²) in [5, 5.41) is 0. The first kappa shape index (κ1) is 19.7. The maximum atomic E-state index is 13.4. The van der Waals surface area contributed by atoms with Gasteiger partial charge in [0.2, 0.25) is 34.8 Å². The lowest BCUT2D eigenvalue weighted by atomic mass is 9.92. The zero-order valence-electron chi connectivity index (χ0n) is 12.8. The smallest absolute Gasteiger partial charge is 0.433 e. The van der Waals surface area contributed by atoms with Crippen LogP contribution in [-0.4, -0.2) is 25.3 Å². The van der Waals surface area contributed by atoms with E-state index in [-0.39, 0.29) is 0 Å². The number of ether oxygens (including phenoxy) is 3. The molecule has 0 saturated carbocycles. The molecule has 10 heteroatoms. The first-order valence-electron chi connectivity index (χ1n) is 6.70. The summed E-state index contributed by atoms with van der Waals surface area (Å²) in [6.07, 6.45) is -1.07. The van der Waals surface area contributed by atoms with Crippen LogP contribution in [0.15, 0.2) is 0 Å². The number of halogens is 5. The van der Waals surface area contributed by atoms with Crippen LogP contribution in [0.4, 0.5) is 26.7 Å². The predicted molar refractivity (Wildman–Crippen MR) is 68.6 cm³/mol. The van der Waals surface area contributed by atoms with Gasteiger partial charge in [-0.3, -0.25) is 4.79 Å². The Morgan fingerprint density at radius 1 is 0.917 bits per heavy atom. The van der Waals surface area contributed by atoms with Gasteiger partial charge < -0.3 is 14.2 Å². The highest BCUT2D eigenvalue weighted by Gasteiger charge is 2.43. The molecule has 5 nitrogen and oxygen atoms in total. The quantitative estimate of drug-likeness (QED) is 0.267. The Bertz CT molecular complexity index is 622. The number of rotatable bonds is 2. The molecule has 0 aromatic heterocycles. The van der Waals surface area contributed by atoms with Gasteiger partial charge in [-0.2, -0.15) is 8.78 Å². The number of carbonyl (C=O) groups is 2. The molecule has 134 valence electrons. The maximum absolute atomic E-state index is 13.4. The molecule has 0 amide bonds. The standard InChI is InChI=1S/C12H7F5O5.C2H6/c1-12(2-20-11(19)21-3-12)10(18)22-9-7(16)5(14)4(13)6(15)8(9)17;1-2/h2-3H2,1H3;1-2H3. The van der Waals surface area contributed by atoms with Crippen LogP contribution in [0.25, 0.3) is 0 Å². The van der Waals surface area contributed by atoms with Crippen molar-refractivity contribution >= 4 is 12.1 Å². The second-order valence-electron chi connectivity index (χ2n) is 4.68. The Hall–Kier alpha value is -2.39. The Balaban J connectivity index is 0.00000139. The molecule has 1 heterocycles. The van der Waals surface area contributed by atoms with Gasteiger partial charge in [0.15, 0.2) is 0 Å². The third-order valence-corrected chi connectivity index (χ3v) is 2.87. The fourth-order valence-corrected chi connectivity index (χ4v) is 1.53. The third kappa shape index (κ3) is 3.57. The van der Waals surface area contributed by atoms with Crippen LogP contribution in [0.5, 0.6) is 5.75 Å². The maximum Gasteiger partial charge on any atom is 0.508 e. The van der Waals surface area contributed by atoms with Crippen molar-refractivity contribution < 1.29 is 45.8 Å². The number of esters is 1. The Morgan fingerprint density at radius 2 is 1.29 bits per heavy atom. The molecule has 1 aliphatic heterocycles. The molecule has 0 radical (unpaired) electrons. The number of hydrogen-bond donors (Lipinski definition) is 0. The molecule has 0 spiro atoms. The highest BCUT2D eigenvalue weighted by molar-refractivity contribution is 5.80. The second-order valence-corrected chi connectivity index (χ2v) is 4.68. The van der Waals surface area contributed by atoms with Gasteiger partial charge >= 0.3 is 12.1 Å². The molecule has 2 rings (SSSR count). The second kappa shape index (κ2) is 7.45. The first-order chi connectivity index (χ1) is 11.2. The van der Waals surface area contributed by atoms with Crippen LogP contribution in [0.3, 0.4) is 0 Å². The monoisotopic (exact) mass is 356 g/mol. The van der Waals surface area contributed by atoms with Crippen LogP contribution < -0.4 is 4.74 Å². The fourth-order valence-electron chi connectivity index (χ4n) is 1.53. The summed E-state index contributed by atoms with van der Waals surface area (Å²) in [5.74, 6) is -14.6. The van der Waals surface area contributed by atoms with Gasteiger partial charge in [0, 0.05) is 0 Å². The van der Waals surface area contributed by atoms with E-state index >= 15 is 0 Å². The molecule has 1 saturated heterocycles. The fraction of sp³-hybridized carbons (Fsp3) is 0.429. The van der Waals surface area contributed by atoms with E-state index in [1.165, 1.54) is 0 Å². The van der Waals surface area contributed by atoms with Crippen molar-refractivity contribution in [1.82, 2.24) is 0 Å². The van der Waals surface area contributed by atoms with Crippen LogP contribution in [0.2, 0.25) is 0 Å². The van der Waals surface area contributed by atoms with Crippen molar-refractivity contribution in [3.8, 4) is 5.75 Å². The Kier molecular flexibility index (Phi) is 6.10.